The van der Waals surface area contributed by atoms with E-state index in [2.05, 4.69) is 24.1 Å². The van der Waals surface area contributed by atoms with Gasteiger partial charge >= 0.3 is 0 Å². The lowest BCUT2D eigenvalue weighted by Crippen LogP contribution is -2.23. The predicted molar refractivity (Wildman–Crippen MR) is 80.9 cm³/mol. The Bertz CT molecular complexity index is 420. The smallest absolute Gasteiger partial charge is 0.227 e. The van der Waals surface area contributed by atoms with Gasteiger partial charge in [0, 0.05) is 5.92 Å². The van der Waals surface area contributed by atoms with Crippen LogP contribution < -0.4 is 5.32 Å². The van der Waals surface area contributed by atoms with Crippen molar-refractivity contribution in [3.8, 4) is 0 Å². The first-order valence-electron chi connectivity index (χ1n) is 6.63. The van der Waals surface area contributed by atoms with Crippen LogP contribution in [0.4, 0.5) is 5.69 Å². The van der Waals surface area contributed by atoms with E-state index in [1.165, 1.54) is 0 Å². The van der Waals surface area contributed by atoms with E-state index in [9.17, 15) is 4.79 Å². The van der Waals surface area contributed by atoms with E-state index in [1.807, 2.05) is 6.92 Å². The van der Waals surface area contributed by atoms with Crippen LogP contribution in [0.25, 0.3) is 0 Å². The summed E-state index contributed by atoms with van der Waals surface area (Å²) in [6.07, 6.45) is 3.75. The zero-order valence-electron chi connectivity index (χ0n) is 11.6. The summed E-state index contributed by atoms with van der Waals surface area (Å²) < 4.78 is 0. The Kier molecular flexibility index (Phi) is 6.59. The van der Waals surface area contributed by atoms with Crippen LogP contribution in [0.1, 0.15) is 45.1 Å². The van der Waals surface area contributed by atoms with Gasteiger partial charge in [-0.25, -0.2) is 4.98 Å². The van der Waals surface area contributed by atoms with Gasteiger partial charge in [-0.2, -0.15) is 0 Å². The molecule has 3 nitrogen and oxygen atoms in total. The first-order chi connectivity index (χ1) is 8.99. The summed E-state index contributed by atoms with van der Waals surface area (Å²) in [5, 5.41) is 3.46. The standard InChI is InChI=1S/C14H20Cl2N2O/c1-4-6-10(7-5-2)14(19)18-12-9(3)8-11(15)17-13(12)16/h8,10H,4-7H2,1-3H3,(H,18,19). The van der Waals surface area contributed by atoms with Crippen LogP contribution in [-0.2, 0) is 4.79 Å². The third-order valence-corrected chi connectivity index (χ3v) is 3.50. The molecule has 1 heterocycles. The van der Waals surface area contributed by atoms with Crippen molar-refractivity contribution in [3.63, 3.8) is 0 Å². The average Bonchev–Trinajstić information content (AvgIpc) is 2.33. The summed E-state index contributed by atoms with van der Waals surface area (Å²) in [6, 6.07) is 1.69. The zero-order valence-corrected chi connectivity index (χ0v) is 13.1. The molecular weight excluding hydrogens is 283 g/mol. The molecule has 0 saturated heterocycles. The molecule has 0 radical (unpaired) electrons. The van der Waals surface area contributed by atoms with Gasteiger partial charge in [-0.15, -0.1) is 0 Å². The van der Waals surface area contributed by atoms with Crippen molar-refractivity contribution in [1.29, 1.82) is 0 Å². The number of nitrogens with zero attached hydrogens (tertiary/aromatic N) is 1. The van der Waals surface area contributed by atoms with Gasteiger partial charge in [0.25, 0.3) is 0 Å². The Labute approximate surface area is 124 Å². The highest BCUT2D eigenvalue weighted by Crippen LogP contribution is 2.27. The maximum Gasteiger partial charge on any atom is 0.227 e. The fraction of sp³-hybridized carbons (Fsp3) is 0.571. The third-order valence-electron chi connectivity index (χ3n) is 3.03. The van der Waals surface area contributed by atoms with E-state index in [0.717, 1.165) is 31.2 Å². The minimum atomic E-state index is 0.0119. The Morgan fingerprint density at radius 3 is 2.37 bits per heavy atom. The summed E-state index contributed by atoms with van der Waals surface area (Å²) in [5.41, 5.74) is 1.39. The molecule has 5 heteroatoms. The van der Waals surface area contributed by atoms with Crippen LogP contribution in [0.15, 0.2) is 6.07 Å². The Balaban J connectivity index is 2.86. The molecule has 0 aromatic carbocycles. The van der Waals surface area contributed by atoms with Crippen LogP contribution in [0.5, 0.6) is 0 Å². The van der Waals surface area contributed by atoms with Crippen molar-refractivity contribution < 1.29 is 4.79 Å². The Morgan fingerprint density at radius 1 is 1.32 bits per heavy atom. The molecule has 1 rings (SSSR count). The van der Waals surface area contributed by atoms with E-state index in [-0.39, 0.29) is 17.0 Å². The van der Waals surface area contributed by atoms with Crippen LogP contribution in [0.3, 0.4) is 0 Å². The number of rotatable bonds is 6. The van der Waals surface area contributed by atoms with Crippen molar-refractivity contribution in [2.45, 2.75) is 46.5 Å². The van der Waals surface area contributed by atoms with Gasteiger partial charge in [0.05, 0.1) is 5.69 Å². The van der Waals surface area contributed by atoms with Crippen molar-refractivity contribution in [2.75, 3.05) is 5.32 Å². The first kappa shape index (κ1) is 16.3. The molecule has 0 atom stereocenters. The number of nitrogens with one attached hydrogen (secondary N) is 1. The SMILES string of the molecule is CCCC(CCC)C(=O)Nc1c(C)cc(Cl)nc1Cl. The number of pyridine rings is 1. The lowest BCUT2D eigenvalue weighted by molar-refractivity contribution is -0.120. The van der Waals surface area contributed by atoms with Gasteiger partial charge < -0.3 is 5.32 Å². The maximum absolute atomic E-state index is 12.3. The number of aryl methyl sites for hydroxylation is 1. The molecule has 1 N–H and O–H groups in total. The summed E-state index contributed by atoms with van der Waals surface area (Å²) in [6.45, 7) is 6.01. The number of halogens is 2. The van der Waals surface area contributed by atoms with E-state index >= 15 is 0 Å². The summed E-state index contributed by atoms with van der Waals surface area (Å²) in [7, 11) is 0. The van der Waals surface area contributed by atoms with E-state index in [0.29, 0.717) is 10.8 Å². The number of aromatic nitrogens is 1. The molecule has 0 bridgehead atoms. The van der Waals surface area contributed by atoms with Crippen LogP contribution >= 0.6 is 23.2 Å². The maximum atomic E-state index is 12.3. The highest BCUT2D eigenvalue weighted by atomic mass is 35.5. The van der Waals surface area contributed by atoms with Gasteiger partial charge in [-0.05, 0) is 31.4 Å². The van der Waals surface area contributed by atoms with Gasteiger partial charge in [-0.1, -0.05) is 49.9 Å². The van der Waals surface area contributed by atoms with E-state index < -0.39 is 0 Å². The zero-order chi connectivity index (χ0) is 14.4. The van der Waals surface area contributed by atoms with Crippen LogP contribution in [0.2, 0.25) is 10.3 Å². The largest absolute Gasteiger partial charge is 0.323 e. The number of carbonyl (C=O) groups is 1. The molecule has 1 aromatic heterocycles. The average molecular weight is 303 g/mol. The number of hydrogen-bond donors (Lipinski definition) is 1. The minimum absolute atomic E-state index is 0.0119. The van der Waals surface area contributed by atoms with Crippen molar-refractivity contribution in [3.05, 3.63) is 21.9 Å². The first-order valence-corrected chi connectivity index (χ1v) is 7.38. The van der Waals surface area contributed by atoms with Gasteiger partial charge in [0.15, 0.2) is 5.15 Å². The summed E-state index contributed by atoms with van der Waals surface area (Å²) in [4.78, 5) is 16.2. The molecule has 0 saturated carbocycles. The van der Waals surface area contributed by atoms with Crippen molar-refractivity contribution >= 4 is 34.8 Å². The molecule has 0 aliphatic carbocycles. The fourth-order valence-electron chi connectivity index (χ4n) is 2.07. The minimum Gasteiger partial charge on any atom is -0.323 e. The van der Waals surface area contributed by atoms with Gasteiger partial charge in [-0.3, -0.25) is 4.79 Å². The highest BCUT2D eigenvalue weighted by molar-refractivity contribution is 6.34. The van der Waals surface area contributed by atoms with Crippen LogP contribution in [-0.4, -0.2) is 10.9 Å². The number of carbonyl (C=O) groups excluding carboxylic acids is 1. The number of amides is 1. The van der Waals surface area contributed by atoms with Crippen molar-refractivity contribution in [1.82, 2.24) is 4.98 Å². The summed E-state index contributed by atoms with van der Waals surface area (Å²) in [5.74, 6) is 0.0407. The second-order valence-electron chi connectivity index (χ2n) is 4.69. The Hall–Kier alpha value is -0.800. The molecule has 0 spiro atoms. The molecule has 0 aliphatic heterocycles. The molecular formula is C14H20Cl2N2O. The highest BCUT2D eigenvalue weighted by Gasteiger charge is 2.19. The summed E-state index contributed by atoms with van der Waals surface area (Å²) >= 11 is 11.8. The van der Waals surface area contributed by atoms with Crippen molar-refractivity contribution in [2.24, 2.45) is 5.92 Å². The van der Waals surface area contributed by atoms with E-state index in [4.69, 9.17) is 23.2 Å². The second kappa shape index (κ2) is 7.71. The fourth-order valence-corrected chi connectivity index (χ4v) is 2.65. The molecule has 106 valence electrons. The second-order valence-corrected chi connectivity index (χ2v) is 5.44. The Morgan fingerprint density at radius 2 is 1.89 bits per heavy atom. The number of hydrogen-bond acceptors (Lipinski definition) is 2. The molecule has 0 aliphatic rings. The topological polar surface area (TPSA) is 42.0 Å². The number of anilines is 1. The predicted octanol–water partition coefficient (Wildman–Crippen LogP) is 4.85. The molecule has 0 unspecified atom stereocenters. The monoisotopic (exact) mass is 302 g/mol. The van der Waals surface area contributed by atoms with Gasteiger partial charge in [0.1, 0.15) is 5.15 Å². The third kappa shape index (κ3) is 4.66. The molecule has 1 aromatic rings. The quantitative estimate of drug-likeness (QED) is 0.763. The lowest BCUT2D eigenvalue weighted by atomic mass is 9.97. The normalized spacial score (nSPS) is 10.8. The molecule has 1 amide bonds. The molecule has 0 fully saturated rings. The van der Waals surface area contributed by atoms with Gasteiger partial charge in [0.2, 0.25) is 5.91 Å². The van der Waals surface area contributed by atoms with E-state index in [1.54, 1.807) is 6.07 Å². The van der Waals surface area contributed by atoms with Crippen LogP contribution in [0, 0.1) is 12.8 Å². The molecule has 19 heavy (non-hydrogen) atoms. The lowest BCUT2D eigenvalue weighted by Gasteiger charge is -2.17.